The van der Waals surface area contributed by atoms with E-state index in [4.69, 9.17) is 0 Å². The standard InChI is InChI=1S/C6BF10/c8-1(4(11)12)7(17,2(9)5(13)14)3(10)6(15)16/q-1. The number of halogens is 10. The fourth-order valence-corrected chi connectivity index (χ4v) is 0.785. The summed E-state index contributed by atoms with van der Waals surface area (Å²) in [4.78, 5) is 0. The molecule has 0 aromatic heterocycles. The number of hydrogen-bond acceptors (Lipinski definition) is 0. The second-order valence-corrected chi connectivity index (χ2v) is 2.59. The first-order chi connectivity index (χ1) is 7.56. The molecule has 0 aliphatic heterocycles. The average Bonchev–Trinajstić information content (AvgIpc) is 2.24. The molecule has 0 saturated heterocycles. The van der Waals surface area contributed by atoms with Crippen LogP contribution in [0.25, 0.3) is 0 Å². The minimum atomic E-state index is -6.43. The van der Waals surface area contributed by atoms with E-state index in [9.17, 15) is 43.8 Å². The van der Waals surface area contributed by atoms with E-state index in [1.165, 1.54) is 0 Å². The first-order valence-electron chi connectivity index (χ1n) is 3.54. The van der Waals surface area contributed by atoms with Gasteiger partial charge in [-0.05, 0) is 0 Å². The molecular formula is C6BF10-. The molecule has 0 rings (SSSR count). The maximum absolute atomic E-state index is 13.0. The first kappa shape index (κ1) is 15.6. The third kappa shape index (κ3) is 2.83. The summed E-state index contributed by atoms with van der Waals surface area (Å²) in [5.74, 6) is 0. The van der Waals surface area contributed by atoms with E-state index in [1.54, 1.807) is 0 Å². The highest BCUT2D eigenvalue weighted by molar-refractivity contribution is 6.91. The van der Waals surface area contributed by atoms with Gasteiger partial charge in [-0.25, -0.2) is 13.2 Å². The van der Waals surface area contributed by atoms with E-state index in [1.807, 2.05) is 0 Å². The summed E-state index contributed by atoms with van der Waals surface area (Å²) in [6.07, 6.45) is -17.6. The van der Waals surface area contributed by atoms with Gasteiger partial charge in [0.1, 0.15) is 0 Å². The zero-order chi connectivity index (χ0) is 14.0. The summed E-state index contributed by atoms with van der Waals surface area (Å²) < 4.78 is 120. The van der Waals surface area contributed by atoms with Gasteiger partial charge in [-0.3, -0.25) is 0 Å². The molecule has 17 heavy (non-hydrogen) atoms. The molecule has 0 N–H and O–H groups in total. The fourth-order valence-electron chi connectivity index (χ4n) is 0.785. The molecular weight excluding hydrogens is 273 g/mol. The molecule has 0 spiro atoms. The van der Waals surface area contributed by atoms with E-state index in [0.717, 1.165) is 0 Å². The van der Waals surface area contributed by atoms with Crippen molar-refractivity contribution >= 4 is 6.42 Å². The van der Waals surface area contributed by atoms with Crippen LogP contribution in [0.2, 0.25) is 0 Å². The lowest BCUT2D eigenvalue weighted by Gasteiger charge is -2.25. The van der Waals surface area contributed by atoms with Crippen molar-refractivity contribution in [2.75, 3.05) is 0 Å². The predicted octanol–water partition coefficient (Wildman–Crippen LogP) is 4.75. The van der Waals surface area contributed by atoms with Crippen molar-refractivity contribution in [2.24, 2.45) is 0 Å². The third-order valence-electron chi connectivity index (χ3n) is 1.59. The van der Waals surface area contributed by atoms with Crippen molar-refractivity contribution in [1.29, 1.82) is 0 Å². The Balaban J connectivity index is 6.20. The highest BCUT2D eigenvalue weighted by Gasteiger charge is 2.46. The monoisotopic (exact) mass is 273 g/mol. The van der Waals surface area contributed by atoms with Crippen molar-refractivity contribution in [1.82, 2.24) is 0 Å². The number of rotatable bonds is 3. The molecule has 0 aromatic carbocycles. The van der Waals surface area contributed by atoms with Gasteiger partial charge in [-0.2, -0.15) is 26.3 Å². The van der Waals surface area contributed by atoms with E-state index in [0.29, 0.717) is 0 Å². The smallest absolute Gasteiger partial charge is 0.335 e. The highest BCUT2D eigenvalue weighted by Crippen LogP contribution is 2.40. The Hall–Kier alpha value is -1.42. The minimum Gasteiger partial charge on any atom is -0.490 e. The molecule has 0 heterocycles. The average molecular weight is 273 g/mol. The Labute approximate surface area is 86.9 Å². The van der Waals surface area contributed by atoms with Crippen LogP contribution in [0.15, 0.2) is 35.4 Å². The molecule has 0 fully saturated rings. The zero-order valence-corrected chi connectivity index (χ0v) is 7.36. The molecule has 0 saturated carbocycles. The topological polar surface area (TPSA) is 0 Å². The van der Waals surface area contributed by atoms with Crippen LogP contribution in [-0.2, 0) is 0 Å². The Bertz CT molecular complexity index is 335. The van der Waals surface area contributed by atoms with Crippen molar-refractivity contribution in [3.63, 3.8) is 0 Å². The van der Waals surface area contributed by atoms with Crippen molar-refractivity contribution in [2.45, 2.75) is 0 Å². The lowest BCUT2D eigenvalue weighted by molar-refractivity contribution is 0.364. The normalized spacial score (nSPS) is 10.9. The summed E-state index contributed by atoms with van der Waals surface area (Å²) in [5, 5.41) is 0. The van der Waals surface area contributed by atoms with Crippen LogP contribution < -0.4 is 0 Å². The maximum Gasteiger partial charge on any atom is 0.335 e. The van der Waals surface area contributed by atoms with Gasteiger partial charge in [0.2, 0.25) is 0 Å². The molecule has 0 nitrogen and oxygen atoms in total. The quantitative estimate of drug-likeness (QED) is 0.514. The van der Waals surface area contributed by atoms with Gasteiger partial charge < -0.3 is 4.32 Å². The summed E-state index contributed by atoms with van der Waals surface area (Å²) in [5.41, 5.74) is -11.0. The molecule has 0 atom stereocenters. The summed E-state index contributed by atoms with van der Waals surface area (Å²) in [6, 6.07) is 0. The summed E-state index contributed by atoms with van der Waals surface area (Å²) in [6.45, 7) is 0. The van der Waals surface area contributed by atoms with E-state index >= 15 is 0 Å². The largest absolute Gasteiger partial charge is 0.490 e. The lowest BCUT2D eigenvalue weighted by Crippen LogP contribution is -2.35. The van der Waals surface area contributed by atoms with Crippen molar-refractivity contribution in [3.8, 4) is 0 Å². The maximum atomic E-state index is 13.0. The van der Waals surface area contributed by atoms with Gasteiger partial charge in [0, 0.05) is 17.2 Å². The molecule has 11 heteroatoms. The van der Waals surface area contributed by atoms with Gasteiger partial charge >= 0.3 is 6.42 Å². The molecule has 98 valence electrons. The van der Waals surface area contributed by atoms with E-state index < -0.39 is 41.8 Å². The van der Waals surface area contributed by atoms with E-state index in [2.05, 4.69) is 0 Å². The van der Waals surface area contributed by atoms with Crippen LogP contribution in [0.4, 0.5) is 43.8 Å². The molecule has 0 bridgehead atoms. The van der Waals surface area contributed by atoms with Crippen LogP contribution in [-0.4, -0.2) is 6.42 Å². The van der Waals surface area contributed by atoms with Crippen LogP contribution in [0.3, 0.4) is 0 Å². The molecule has 0 unspecified atom stereocenters. The van der Waals surface area contributed by atoms with Crippen LogP contribution in [0, 0.1) is 0 Å². The molecule has 0 radical (unpaired) electrons. The van der Waals surface area contributed by atoms with Crippen LogP contribution >= 0.6 is 0 Å². The molecule has 0 aliphatic rings. The minimum absolute atomic E-state index is 3.67. The summed E-state index contributed by atoms with van der Waals surface area (Å²) >= 11 is 0. The predicted molar refractivity (Wildman–Crippen MR) is 37.9 cm³/mol. The van der Waals surface area contributed by atoms with Crippen molar-refractivity contribution < 1.29 is 43.8 Å². The Morgan fingerprint density at radius 3 is 0.765 bits per heavy atom. The molecule has 0 amide bonds. The third-order valence-corrected chi connectivity index (χ3v) is 1.59. The Morgan fingerprint density at radius 1 is 0.471 bits per heavy atom. The van der Waals surface area contributed by atoms with Gasteiger partial charge in [0.25, 0.3) is 18.2 Å². The first-order valence-corrected chi connectivity index (χ1v) is 3.54. The molecule has 0 aliphatic carbocycles. The lowest BCUT2D eigenvalue weighted by atomic mass is 9.40. The second kappa shape index (κ2) is 5.28. The van der Waals surface area contributed by atoms with E-state index in [-0.39, 0.29) is 0 Å². The fraction of sp³-hybridized carbons (Fsp3) is 0. The zero-order valence-electron chi connectivity index (χ0n) is 7.36. The Kier molecular flexibility index (Phi) is 4.84. The SMILES string of the molecule is FC(F)=C(F)[B-](F)(C(F)=C(F)F)C(F)=C(F)F. The van der Waals surface area contributed by atoms with Gasteiger partial charge in [-0.15, -0.1) is 0 Å². The second-order valence-electron chi connectivity index (χ2n) is 2.59. The summed E-state index contributed by atoms with van der Waals surface area (Å²) in [7, 11) is 0. The Morgan fingerprint density at radius 2 is 0.647 bits per heavy atom. The van der Waals surface area contributed by atoms with Gasteiger partial charge in [0.15, 0.2) is 0 Å². The molecule has 0 aromatic rings. The van der Waals surface area contributed by atoms with Crippen molar-refractivity contribution in [3.05, 3.63) is 35.4 Å². The van der Waals surface area contributed by atoms with Crippen LogP contribution in [0.1, 0.15) is 0 Å². The van der Waals surface area contributed by atoms with Gasteiger partial charge in [-0.1, -0.05) is 0 Å². The highest BCUT2D eigenvalue weighted by atomic mass is 19.3. The van der Waals surface area contributed by atoms with Gasteiger partial charge in [0.05, 0.1) is 0 Å². The number of hydrogen-bond donors (Lipinski definition) is 0. The van der Waals surface area contributed by atoms with Crippen LogP contribution in [0.5, 0.6) is 0 Å².